The van der Waals surface area contributed by atoms with E-state index in [1.165, 1.54) is 0 Å². The molecule has 4 aliphatic rings. The normalized spacial score (nSPS) is 48.9. The summed E-state index contributed by atoms with van der Waals surface area (Å²) >= 11 is 0. The maximum atomic E-state index is 11.3. The number of carboxylic acid groups (broad SMARTS) is 2. The van der Waals surface area contributed by atoms with Crippen LogP contribution in [0, 0.1) is 35.5 Å². The van der Waals surface area contributed by atoms with Crippen molar-refractivity contribution in [1.82, 2.24) is 0 Å². The largest absolute Gasteiger partial charge is 0.481 e. The van der Waals surface area contributed by atoms with E-state index in [4.69, 9.17) is 0 Å². The zero-order valence-electron chi connectivity index (χ0n) is 12.4. The van der Waals surface area contributed by atoms with E-state index in [1.54, 1.807) is 0 Å². The fourth-order valence-electron chi connectivity index (χ4n) is 5.50. The lowest BCUT2D eigenvalue weighted by Crippen LogP contribution is -2.29. The van der Waals surface area contributed by atoms with E-state index in [2.05, 4.69) is 0 Å². The van der Waals surface area contributed by atoms with Crippen LogP contribution >= 0.6 is 21.6 Å². The maximum Gasteiger partial charge on any atom is 0.306 e. The van der Waals surface area contributed by atoms with Crippen molar-refractivity contribution in [3.63, 3.8) is 0 Å². The molecule has 0 aromatic rings. The molecular formula is C16H22O4S2. The van der Waals surface area contributed by atoms with Crippen molar-refractivity contribution in [3.05, 3.63) is 0 Å². The van der Waals surface area contributed by atoms with Gasteiger partial charge in [0.15, 0.2) is 0 Å². The van der Waals surface area contributed by atoms with Crippen LogP contribution in [0.25, 0.3) is 0 Å². The van der Waals surface area contributed by atoms with Crippen molar-refractivity contribution in [2.75, 3.05) is 0 Å². The van der Waals surface area contributed by atoms with Gasteiger partial charge in [-0.1, -0.05) is 21.6 Å². The van der Waals surface area contributed by atoms with Crippen molar-refractivity contribution in [2.24, 2.45) is 35.5 Å². The third-order valence-corrected chi connectivity index (χ3v) is 9.95. The molecule has 22 heavy (non-hydrogen) atoms. The van der Waals surface area contributed by atoms with Gasteiger partial charge in [0.2, 0.25) is 0 Å². The summed E-state index contributed by atoms with van der Waals surface area (Å²) in [6.07, 6.45) is 6.24. The zero-order valence-corrected chi connectivity index (χ0v) is 14.0. The quantitative estimate of drug-likeness (QED) is 0.746. The molecule has 6 heteroatoms. The summed E-state index contributed by atoms with van der Waals surface area (Å²) in [4.78, 5) is 22.7. The monoisotopic (exact) mass is 342 g/mol. The Bertz CT molecular complexity index is 453. The van der Waals surface area contributed by atoms with Crippen LogP contribution in [0.2, 0.25) is 0 Å². The number of hydrogen-bond donors (Lipinski definition) is 2. The molecule has 0 aromatic carbocycles. The molecule has 0 aromatic heterocycles. The lowest BCUT2D eigenvalue weighted by Gasteiger charge is -2.30. The van der Waals surface area contributed by atoms with Crippen LogP contribution in [-0.2, 0) is 9.59 Å². The average molecular weight is 342 g/mol. The minimum atomic E-state index is -0.617. The van der Waals surface area contributed by atoms with Gasteiger partial charge in [0.05, 0.1) is 11.8 Å². The summed E-state index contributed by atoms with van der Waals surface area (Å²) in [6, 6.07) is 0. The van der Waals surface area contributed by atoms with Gasteiger partial charge in [0, 0.05) is 10.5 Å². The van der Waals surface area contributed by atoms with Crippen molar-refractivity contribution in [3.8, 4) is 0 Å². The number of fused-ring (bicyclic) bond motifs is 4. The Morgan fingerprint density at radius 3 is 1.41 bits per heavy atom. The third kappa shape index (κ3) is 2.46. The number of carboxylic acids is 2. The Balaban J connectivity index is 1.34. The molecule has 0 radical (unpaired) electrons. The fraction of sp³-hybridized carbons (Fsp3) is 0.875. The van der Waals surface area contributed by atoms with E-state index < -0.39 is 11.9 Å². The Morgan fingerprint density at radius 1 is 0.682 bits per heavy atom. The number of carbonyl (C=O) groups is 2. The van der Waals surface area contributed by atoms with E-state index >= 15 is 0 Å². The van der Waals surface area contributed by atoms with Crippen LogP contribution in [0.5, 0.6) is 0 Å². The smallest absolute Gasteiger partial charge is 0.306 e. The molecule has 4 nitrogen and oxygen atoms in total. The molecule has 0 heterocycles. The molecule has 4 rings (SSSR count). The highest BCUT2D eigenvalue weighted by atomic mass is 33.1. The SMILES string of the molecule is O=C(O)C1CC2CC(SSC3CC4CC(C(=O)O)C3C4)C1C2. The van der Waals surface area contributed by atoms with Gasteiger partial charge in [-0.15, -0.1) is 0 Å². The van der Waals surface area contributed by atoms with Crippen molar-refractivity contribution in [1.29, 1.82) is 0 Å². The van der Waals surface area contributed by atoms with E-state index in [9.17, 15) is 19.8 Å². The fourth-order valence-corrected chi connectivity index (χ4v) is 9.56. The second kappa shape index (κ2) is 5.62. The molecule has 4 fully saturated rings. The Morgan fingerprint density at radius 2 is 1.09 bits per heavy atom. The summed E-state index contributed by atoms with van der Waals surface area (Å²) in [7, 11) is 3.76. The van der Waals surface area contributed by atoms with Crippen LogP contribution in [0.3, 0.4) is 0 Å². The lowest BCUT2D eigenvalue weighted by molar-refractivity contribution is -0.144. The first kappa shape index (κ1) is 15.2. The van der Waals surface area contributed by atoms with Gasteiger partial charge in [-0.05, 0) is 62.2 Å². The van der Waals surface area contributed by atoms with E-state index in [0.29, 0.717) is 34.2 Å². The molecule has 0 spiro atoms. The predicted octanol–water partition coefficient (Wildman–Crippen LogP) is 3.37. The number of rotatable bonds is 5. The number of aliphatic carboxylic acids is 2. The standard InChI is InChI=1S/C16H22O4S2/c17-15(18)11-3-7-1-9(11)13(5-7)21-22-14-6-8-2-10(14)12(4-8)16(19)20/h7-14H,1-6H2,(H,17,18)(H,19,20). The van der Waals surface area contributed by atoms with Crippen molar-refractivity contribution >= 4 is 33.5 Å². The summed E-state index contributed by atoms with van der Waals surface area (Å²) < 4.78 is 0. The first-order valence-electron chi connectivity index (χ1n) is 8.30. The van der Waals surface area contributed by atoms with Gasteiger partial charge in [0.25, 0.3) is 0 Å². The summed E-state index contributed by atoms with van der Waals surface area (Å²) in [5, 5.41) is 19.6. The van der Waals surface area contributed by atoms with Gasteiger partial charge >= 0.3 is 11.9 Å². The first-order valence-corrected chi connectivity index (χ1v) is 10.6. The second-order valence-electron chi connectivity index (χ2n) is 7.63. The van der Waals surface area contributed by atoms with Gasteiger partial charge in [0.1, 0.15) is 0 Å². The minimum Gasteiger partial charge on any atom is -0.481 e. The van der Waals surface area contributed by atoms with Gasteiger partial charge in [-0.25, -0.2) is 0 Å². The van der Waals surface area contributed by atoms with Gasteiger partial charge in [-0.3, -0.25) is 9.59 Å². The molecule has 4 aliphatic carbocycles. The maximum absolute atomic E-state index is 11.3. The van der Waals surface area contributed by atoms with Crippen LogP contribution in [0.4, 0.5) is 0 Å². The molecule has 0 aliphatic heterocycles. The highest BCUT2D eigenvalue weighted by Crippen LogP contribution is 2.59. The van der Waals surface area contributed by atoms with Crippen LogP contribution in [-0.4, -0.2) is 32.7 Å². The first-order chi connectivity index (χ1) is 10.5. The Kier molecular flexibility index (Phi) is 3.88. The van der Waals surface area contributed by atoms with Gasteiger partial charge in [-0.2, -0.15) is 0 Å². The van der Waals surface area contributed by atoms with Crippen LogP contribution in [0.15, 0.2) is 0 Å². The van der Waals surface area contributed by atoms with Crippen molar-refractivity contribution < 1.29 is 19.8 Å². The minimum absolute atomic E-state index is 0.136. The van der Waals surface area contributed by atoms with Crippen molar-refractivity contribution in [2.45, 2.75) is 49.0 Å². The Labute approximate surface area is 138 Å². The Hall–Kier alpha value is -0.360. The zero-order chi connectivity index (χ0) is 15.4. The molecule has 2 N–H and O–H groups in total. The molecular weight excluding hydrogens is 320 g/mol. The summed E-state index contributed by atoms with van der Waals surface area (Å²) in [6.45, 7) is 0. The molecule has 8 atom stereocenters. The average Bonchev–Trinajstić information content (AvgIpc) is 3.22. The predicted molar refractivity (Wildman–Crippen MR) is 86.7 cm³/mol. The van der Waals surface area contributed by atoms with Crippen LogP contribution < -0.4 is 0 Å². The highest BCUT2D eigenvalue weighted by molar-refractivity contribution is 8.77. The molecule has 4 bridgehead atoms. The highest BCUT2D eigenvalue weighted by Gasteiger charge is 2.52. The molecule has 4 saturated carbocycles. The second-order valence-corrected chi connectivity index (χ2v) is 10.4. The third-order valence-electron chi connectivity index (χ3n) is 6.44. The molecule has 0 saturated heterocycles. The molecule has 0 amide bonds. The summed E-state index contributed by atoms with van der Waals surface area (Å²) in [5.41, 5.74) is 0. The number of hydrogen-bond acceptors (Lipinski definition) is 4. The molecule has 8 unspecified atom stereocenters. The van der Waals surface area contributed by atoms with Crippen LogP contribution in [0.1, 0.15) is 38.5 Å². The van der Waals surface area contributed by atoms with E-state index in [0.717, 1.165) is 38.5 Å². The topological polar surface area (TPSA) is 74.6 Å². The summed E-state index contributed by atoms with van der Waals surface area (Å²) in [5.74, 6) is 0.393. The van der Waals surface area contributed by atoms with E-state index in [-0.39, 0.29) is 11.8 Å². The van der Waals surface area contributed by atoms with E-state index in [1.807, 2.05) is 21.6 Å². The molecule has 122 valence electrons. The van der Waals surface area contributed by atoms with Gasteiger partial charge < -0.3 is 10.2 Å². The lowest BCUT2D eigenvalue weighted by atomic mass is 9.88.